The Balaban J connectivity index is 1.42. The zero-order valence-corrected chi connectivity index (χ0v) is 17.7. The molecule has 0 spiro atoms. The van der Waals surface area contributed by atoms with Gasteiger partial charge >= 0.3 is 5.97 Å². The molecule has 1 aliphatic rings. The number of halogens is 2. The Morgan fingerprint density at radius 1 is 1.27 bits per heavy atom. The van der Waals surface area contributed by atoms with E-state index in [1.54, 1.807) is 0 Å². The van der Waals surface area contributed by atoms with Gasteiger partial charge in [-0.25, -0.2) is 9.18 Å². The van der Waals surface area contributed by atoms with Crippen molar-refractivity contribution in [3.63, 3.8) is 0 Å². The first-order valence-corrected chi connectivity index (χ1v) is 10.8. The van der Waals surface area contributed by atoms with Gasteiger partial charge in [-0.05, 0) is 35.9 Å². The van der Waals surface area contributed by atoms with E-state index in [1.165, 1.54) is 12.1 Å². The van der Waals surface area contributed by atoms with Crippen LogP contribution in [0.2, 0.25) is 5.02 Å². The van der Waals surface area contributed by atoms with E-state index in [0.717, 1.165) is 36.5 Å². The summed E-state index contributed by atoms with van der Waals surface area (Å²) < 4.78 is 19.7. The Morgan fingerprint density at radius 2 is 2.03 bits per heavy atom. The van der Waals surface area contributed by atoms with Crippen molar-refractivity contribution >= 4 is 35.2 Å². The predicted molar refractivity (Wildman–Crippen MR) is 114 cm³/mol. The van der Waals surface area contributed by atoms with Crippen LogP contribution in [0.1, 0.15) is 15.9 Å². The number of hydrogen-bond donors (Lipinski definition) is 2. The summed E-state index contributed by atoms with van der Waals surface area (Å²) >= 11 is 6.95. The van der Waals surface area contributed by atoms with Gasteiger partial charge in [0.25, 0.3) is 0 Å². The summed E-state index contributed by atoms with van der Waals surface area (Å²) in [5, 5.41) is 12.4. The average Bonchev–Trinajstić information content (AvgIpc) is 2.73. The molecule has 0 bridgehead atoms. The molecule has 1 fully saturated rings. The van der Waals surface area contributed by atoms with Gasteiger partial charge in [0, 0.05) is 36.1 Å². The van der Waals surface area contributed by atoms with E-state index in [9.17, 15) is 14.0 Å². The van der Waals surface area contributed by atoms with Crippen LogP contribution in [0, 0.1) is 5.82 Å². The molecule has 2 aromatic carbocycles. The molecule has 3 rings (SSSR count). The van der Waals surface area contributed by atoms with Gasteiger partial charge in [0.05, 0.1) is 24.0 Å². The quantitative estimate of drug-likeness (QED) is 0.598. The van der Waals surface area contributed by atoms with E-state index in [0.29, 0.717) is 24.7 Å². The normalized spacial score (nSPS) is 16.9. The van der Waals surface area contributed by atoms with E-state index < -0.39 is 11.8 Å². The zero-order chi connectivity index (χ0) is 21.5. The molecule has 1 heterocycles. The largest absolute Gasteiger partial charge is 0.478 e. The molecule has 1 unspecified atom stereocenters. The van der Waals surface area contributed by atoms with Gasteiger partial charge in [-0.15, -0.1) is 11.8 Å². The topological polar surface area (TPSA) is 78.9 Å². The van der Waals surface area contributed by atoms with Crippen molar-refractivity contribution in [2.45, 2.75) is 17.5 Å². The van der Waals surface area contributed by atoms with Crippen LogP contribution in [0.25, 0.3) is 0 Å². The highest BCUT2D eigenvalue weighted by molar-refractivity contribution is 8.00. The number of carbonyl (C=O) groups is 2. The van der Waals surface area contributed by atoms with Gasteiger partial charge in [0.2, 0.25) is 5.91 Å². The minimum absolute atomic E-state index is 0.0323. The van der Waals surface area contributed by atoms with Crippen molar-refractivity contribution in [2.75, 3.05) is 32.0 Å². The number of morpholine rings is 1. The highest BCUT2D eigenvalue weighted by Gasteiger charge is 2.21. The first kappa shape index (κ1) is 22.6. The number of ether oxygens (including phenoxy) is 1. The van der Waals surface area contributed by atoms with Crippen LogP contribution in [0.3, 0.4) is 0 Å². The monoisotopic (exact) mass is 452 g/mol. The lowest BCUT2D eigenvalue weighted by molar-refractivity contribution is -0.119. The van der Waals surface area contributed by atoms with Crippen LogP contribution in [-0.2, 0) is 16.1 Å². The van der Waals surface area contributed by atoms with Crippen molar-refractivity contribution < 1.29 is 23.8 Å². The number of hydrogen-bond acceptors (Lipinski definition) is 5. The minimum Gasteiger partial charge on any atom is -0.478 e. The van der Waals surface area contributed by atoms with E-state index in [-0.39, 0.29) is 28.2 Å². The fourth-order valence-electron chi connectivity index (χ4n) is 3.07. The number of carbonyl (C=O) groups excluding carboxylic acids is 1. The lowest BCUT2D eigenvalue weighted by Gasteiger charge is -2.33. The second kappa shape index (κ2) is 10.8. The smallest absolute Gasteiger partial charge is 0.335 e. The molecule has 1 saturated heterocycles. The van der Waals surface area contributed by atoms with Gasteiger partial charge in [-0.2, -0.15) is 0 Å². The molecular formula is C21H22ClFN2O4S. The van der Waals surface area contributed by atoms with Gasteiger partial charge < -0.3 is 15.2 Å². The Hall–Kier alpha value is -2.13. The highest BCUT2D eigenvalue weighted by Crippen LogP contribution is 2.22. The summed E-state index contributed by atoms with van der Waals surface area (Å²) in [5.41, 5.74) is 1.04. The number of carboxylic acid groups (broad SMARTS) is 1. The van der Waals surface area contributed by atoms with Crippen LogP contribution in [0.4, 0.5) is 4.39 Å². The molecule has 30 heavy (non-hydrogen) atoms. The van der Waals surface area contributed by atoms with Crippen molar-refractivity contribution in [1.29, 1.82) is 0 Å². The van der Waals surface area contributed by atoms with Gasteiger partial charge in [0.15, 0.2) is 0 Å². The van der Waals surface area contributed by atoms with Crippen LogP contribution in [-0.4, -0.2) is 60.0 Å². The fraction of sp³-hybridized carbons (Fsp3) is 0.333. The summed E-state index contributed by atoms with van der Waals surface area (Å²) in [7, 11) is 0. The van der Waals surface area contributed by atoms with Crippen LogP contribution in [0.5, 0.6) is 0 Å². The molecule has 1 aliphatic heterocycles. The predicted octanol–water partition coefficient (Wildman–Crippen LogP) is 3.29. The number of nitrogens with zero attached hydrogens (tertiary/aromatic N) is 1. The molecule has 0 aromatic heterocycles. The standard InChI is InChI=1S/C21H22ClFN2O4S/c22-16-4-1-14(2-5-16)11-25-7-8-29-17(12-25)10-24-20(26)13-30-19-6-3-15(21(27)28)9-18(19)23/h1-6,9,17H,7-8,10-13H2,(H,24,26)(H,27,28). The number of benzene rings is 2. The average molecular weight is 453 g/mol. The van der Waals surface area contributed by atoms with Gasteiger partial charge in [-0.3, -0.25) is 9.69 Å². The first-order chi connectivity index (χ1) is 14.4. The molecular weight excluding hydrogens is 431 g/mol. The molecule has 0 saturated carbocycles. The maximum Gasteiger partial charge on any atom is 0.335 e. The molecule has 0 radical (unpaired) electrons. The second-order valence-corrected chi connectivity index (χ2v) is 8.35. The molecule has 9 heteroatoms. The van der Waals surface area contributed by atoms with Crippen molar-refractivity contribution in [1.82, 2.24) is 10.2 Å². The number of thioether (sulfide) groups is 1. The number of carboxylic acids is 1. The van der Waals surface area contributed by atoms with E-state index in [2.05, 4.69) is 10.2 Å². The molecule has 2 N–H and O–H groups in total. The minimum atomic E-state index is -1.19. The molecule has 6 nitrogen and oxygen atoms in total. The Bertz CT molecular complexity index is 897. The summed E-state index contributed by atoms with van der Waals surface area (Å²) in [6.07, 6.45) is -0.119. The van der Waals surface area contributed by atoms with E-state index >= 15 is 0 Å². The Morgan fingerprint density at radius 3 is 2.73 bits per heavy atom. The summed E-state index contributed by atoms with van der Waals surface area (Å²) in [6.45, 7) is 3.25. The van der Waals surface area contributed by atoms with Crippen molar-refractivity contribution in [3.05, 3.63) is 64.4 Å². The fourth-order valence-corrected chi connectivity index (χ4v) is 3.94. The third kappa shape index (κ3) is 6.70. The first-order valence-electron chi connectivity index (χ1n) is 9.41. The third-order valence-electron chi connectivity index (χ3n) is 4.61. The molecule has 2 aromatic rings. The molecule has 1 atom stereocenters. The van der Waals surface area contributed by atoms with E-state index in [4.69, 9.17) is 21.4 Å². The number of aromatic carboxylic acids is 1. The van der Waals surface area contributed by atoms with Gasteiger partial charge in [-0.1, -0.05) is 23.7 Å². The Kier molecular flexibility index (Phi) is 8.09. The highest BCUT2D eigenvalue weighted by atomic mass is 35.5. The van der Waals surface area contributed by atoms with Crippen LogP contribution < -0.4 is 5.32 Å². The van der Waals surface area contributed by atoms with Gasteiger partial charge in [0.1, 0.15) is 5.82 Å². The maximum atomic E-state index is 13.9. The van der Waals surface area contributed by atoms with E-state index in [1.807, 2.05) is 24.3 Å². The lowest BCUT2D eigenvalue weighted by Crippen LogP contribution is -2.47. The van der Waals surface area contributed by atoms with Crippen molar-refractivity contribution in [3.8, 4) is 0 Å². The maximum absolute atomic E-state index is 13.9. The Labute approximate surface area is 183 Å². The lowest BCUT2D eigenvalue weighted by atomic mass is 10.2. The summed E-state index contributed by atoms with van der Waals surface area (Å²) in [4.78, 5) is 25.5. The summed E-state index contributed by atoms with van der Waals surface area (Å²) in [5.74, 6) is -2.05. The second-order valence-electron chi connectivity index (χ2n) is 6.90. The van der Waals surface area contributed by atoms with Crippen LogP contribution in [0.15, 0.2) is 47.4 Å². The van der Waals surface area contributed by atoms with Crippen molar-refractivity contribution in [2.24, 2.45) is 0 Å². The SMILES string of the molecule is O=C(CSc1ccc(C(=O)O)cc1F)NCC1CN(Cc2ccc(Cl)cc2)CCO1. The molecule has 1 amide bonds. The third-order valence-corrected chi connectivity index (χ3v) is 5.91. The molecule has 160 valence electrons. The number of amides is 1. The summed E-state index contributed by atoms with van der Waals surface area (Å²) in [6, 6.07) is 11.4. The number of rotatable bonds is 8. The number of nitrogens with one attached hydrogen (secondary N) is 1. The van der Waals surface area contributed by atoms with Crippen LogP contribution >= 0.6 is 23.4 Å². The zero-order valence-electron chi connectivity index (χ0n) is 16.1. The molecule has 0 aliphatic carbocycles.